The monoisotopic (exact) mass is 455 g/mol. The number of para-hydroxylation sites is 1. The number of hydrogen-bond acceptors (Lipinski definition) is 6. The number of anilines is 1. The fraction of sp³-hybridized carbons (Fsp3) is 0.261. The first-order chi connectivity index (χ1) is 15.7. The summed E-state index contributed by atoms with van der Waals surface area (Å²) in [6.45, 7) is 3.79. The quantitative estimate of drug-likeness (QED) is 0.115. The van der Waals surface area contributed by atoms with Crippen LogP contribution < -0.4 is 22.0 Å². The third kappa shape index (κ3) is 7.93. The molecule has 0 spiro atoms. The number of rotatable bonds is 9. The van der Waals surface area contributed by atoms with E-state index < -0.39 is 17.6 Å². The maximum absolute atomic E-state index is 13.1. The topological polar surface area (TPSA) is 143 Å². The number of Topliss-reactive ketones (excluding diaryl/α,β-unsaturated/α-hetero) is 1. The second-order valence-corrected chi connectivity index (χ2v) is 7.37. The number of aryl methyl sites for hydroxylation is 2. The van der Waals surface area contributed by atoms with Crippen molar-refractivity contribution in [3.05, 3.63) is 65.0 Å². The van der Waals surface area contributed by atoms with Crippen molar-refractivity contribution in [2.24, 2.45) is 10.9 Å². The van der Waals surface area contributed by atoms with Crippen LogP contribution in [0.15, 0.2) is 47.6 Å². The van der Waals surface area contributed by atoms with Crippen molar-refractivity contribution in [3.8, 4) is 0 Å². The van der Waals surface area contributed by atoms with E-state index in [9.17, 15) is 23.6 Å². The number of hydrazine groups is 1. The molecule has 0 heterocycles. The molecule has 0 bridgehead atoms. The van der Waals surface area contributed by atoms with Crippen LogP contribution in [0.4, 0.5) is 10.1 Å². The lowest BCUT2D eigenvalue weighted by Gasteiger charge is -2.12. The lowest BCUT2D eigenvalue weighted by Crippen LogP contribution is -2.41. The van der Waals surface area contributed by atoms with Crippen LogP contribution in [-0.4, -0.2) is 29.2 Å². The number of carbonyl (C=O) groups excluding carboxylic acids is 4. The molecule has 0 radical (unpaired) electrons. The van der Waals surface area contributed by atoms with Crippen LogP contribution in [0.25, 0.3) is 0 Å². The number of amides is 3. The van der Waals surface area contributed by atoms with Gasteiger partial charge in [-0.25, -0.2) is 15.7 Å². The third-order valence-corrected chi connectivity index (χ3v) is 4.80. The average Bonchev–Trinajstić information content (AvgIpc) is 2.79. The van der Waals surface area contributed by atoms with Gasteiger partial charge in [-0.05, 0) is 62.1 Å². The molecule has 0 saturated heterocycles. The van der Waals surface area contributed by atoms with Crippen LogP contribution >= 0.6 is 0 Å². The molecule has 3 amide bonds. The predicted octanol–water partition coefficient (Wildman–Crippen LogP) is 2.29. The average molecular weight is 455 g/mol. The van der Waals surface area contributed by atoms with Gasteiger partial charge in [0.2, 0.25) is 5.91 Å². The Morgan fingerprint density at radius 2 is 1.58 bits per heavy atom. The smallest absolute Gasteiger partial charge is 0.326 e. The number of nitrogens with one attached hydrogen (secondary N) is 3. The van der Waals surface area contributed by atoms with Crippen molar-refractivity contribution in [2.45, 2.75) is 39.5 Å². The fourth-order valence-electron chi connectivity index (χ4n) is 3.02. The molecule has 2 rings (SSSR count). The first-order valence-electron chi connectivity index (χ1n) is 10.2. The Kier molecular flexibility index (Phi) is 9.37. The molecule has 33 heavy (non-hydrogen) atoms. The molecule has 5 N–H and O–H groups in total. The molecule has 0 saturated carbocycles. The minimum Gasteiger partial charge on any atom is -0.326 e. The maximum Gasteiger partial charge on any atom is 0.330 e. The van der Waals surface area contributed by atoms with E-state index in [-0.39, 0.29) is 42.2 Å². The van der Waals surface area contributed by atoms with Gasteiger partial charge in [-0.1, -0.05) is 18.2 Å². The maximum atomic E-state index is 13.1. The number of carbonyl (C=O) groups is 4. The zero-order chi connectivity index (χ0) is 24.4. The van der Waals surface area contributed by atoms with Gasteiger partial charge in [0.05, 0.1) is 6.42 Å². The summed E-state index contributed by atoms with van der Waals surface area (Å²) >= 11 is 0. The van der Waals surface area contributed by atoms with Gasteiger partial charge < -0.3 is 5.32 Å². The molecular formula is C23H26FN5O4. The van der Waals surface area contributed by atoms with Crippen molar-refractivity contribution in [2.75, 3.05) is 5.32 Å². The van der Waals surface area contributed by atoms with E-state index in [0.717, 1.165) is 28.9 Å². The number of halogens is 1. The number of hydrazone groups is 1. The molecule has 0 aliphatic carbocycles. The van der Waals surface area contributed by atoms with Gasteiger partial charge in [-0.2, -0.15) is 5.10 Å². The molecule has 0 atom stereocenters. The molecule has 0 unspecified atom stereocenters. The summed E-state index contributed by atoms with van der Waals surface area (Å²) in [5, 5.41) is 6.74. The molecule has 0 aliphatic rings. The Morgan fingerprint density at radius 1 is 0.939 bits per heavy atom. The molecule has 9 nitrogen and oxygen atoms in total. The summed E-state index contributed by atoms with van der Waals surface area (Å²) in [4.78, 5) is 47.8. The summed E-state index contributed by atoms with van der Waals surface area (Å²) < 4.78 is 13.1. The number of nitrogens with zero attached hydrogens (tertiary/aromatic N) is 1. The molecule has 174 valence electrons. The van der Waals surface area contributed by atoms with E-state index in [2.05, 4.69) is 10.4 Å². The molecule has 2 aromatic rings. The minimum absolute atomic E-state index is 0.148. The van der Waals surface area contributed by atoms with Crippen LogP contribution in [-0.2, 0) is 14.4 Å². The fourth-order valence-corrected chi connectivity index (χ4v) is 3.02. The lowest BCUT2D eigenvalue weighted by molar-refractivity contribution is -0.139. The first kappa shape index (κ1) is 25.3. The van der Waals surface area contributed by atoms with Gasteiger partial charge in [0, 0.05) is 23.4 Å². The standard InChI is InChI=1S/C23H26FN5O4/c1-14-5-3-6-15(2)21(14)26-20(31)8-4-7-18(28-29-23(33)22(32)27-25)13-19(30)16-9-11-17(24)12-10-16/h3,5-6,9-12H,4,7-8,13,25H2,1-2H3,(H,26,31)(H,27,32)(H,29,33)/b28-18+. The van der Waals surface area contributed by atoms with Crippen molar-refractivity contribution >= 4 is 34.9 Å². The van der Waals surface area contributed by atoms with E-state index in [0.29, 0.717) is 6.42 Å². The highest BCUT2D eigenvalue weighted by Crippen LogP contribution is 2.20. The predicted molar refractivity (Wildman–Crippen MR) is 122 cm³/mol. The molecule has 0 aromatic heterocycles. The summed E-state index contributed by atoms with van der Waals surface area (Å²) in [6, 6.07) is 10.7. The highest BCUT2D eigenvalue weighted by Gasteiger charge is 2.15. The molecular weight excluding hydrogens is 429 g/mol. The highest BCUT2D eigenvalue weighted by molar-refractivity contribution is 6.34. The van der Waals surface area contributed by atoms with Crippen LogP contribution in [0.1, 0.15) is 47.2 Å². The molecule has 0 fully saturated rings. The van der Waals surface area contributed by atoms with Crippen LogP contribution in [0.2, 0.25) is 0 Å². The van der Waals surface area contributed by atoms with Crippen LogP contribution in [0.5, 0.6) is 0 Å². The zero-order valence-electron chi connectivity index (χ0n) is 18.4. The zero-order valence-corrected chi connectivity index (χ0v) is 18.4. The van der Waals surface area contributed by atoms with Crippen molar-refractivity contribution in [1.82, 2.24) is 10.9 Å². The first-order valence-corrected chi connectivity index (χ1v) is 10.2. The number of hydrogen-bond donors (Lipinski definition) is 4. The van der Waals surface area contributed by atoms with E-state index in [1.165, 1.54) is 12.1 Å². The van der Waals surface area contributed by atoms with E-state index in [4.69, 9.17) is 5.84 Å². The highest BCUT2D eigenvalue weighted by atomic mass is 19.1. The Bertz CT molecular complexity index is 1050. The Morgan fingerprint density at radius 3 is 2.18 bits per heavy atom. The van der Waals surface area contributed by atoms with Gasteiger partial charge in [-0.15, -0.1) is 0 Å². The van der Waals surface area contributed by atoms with Crippen LogP contribution in [0.3, 0.4) is 0 Å². The van der Waals surface area contributed by atoms with Gasteiger partial charge in [-0.3, -0.25) is 24.6 Å². The van der Waals surface area contributed by atoms with Gasteiger partial charge in [0.25, 0.3) is 0 Å². The second-order valence-electron chi connectivity index (χ2n) is 7.37. The Labute approximate surface area is 190 Å². The molecule has 0 aliphatic heterocycles. The van der Waals surface area contributed by atoms with E-state index in [1.54, 1.807) is 5.43 Å². The Balaban J connectivity index is 2.02. The van der Waals surface area contributed by atoms with Crippen molar-refractivity contribution in [3.63, 3.8) is 0 Å². The lowest BCUT2D eigenvalue weighted by atomic mass is 10.0. The van der Waals surface area contributed by atoms with Gasteiger partial charge in [0.15, 0.2) is 5.78 Å². The summed E-state index contributed by atoms with van der Waals surface area (Å²) in [5.74, 6) is 1.67. The summed E-state index contributed by atoms with van der Waals surface area (Å²) in [6.07, 6.45) is 0.506. The van der Waals surface area contributed by atoms with Gasteiger partial charge in [0.1, 0.15) is 5.82 Å². The number of benzene rings is 2. The van der Waals surface area contributed by atoms with Crippen molar-refractivity contribution < 1.29 is 23.6 Å². The molecule has 10 heteroatoms. The normalized spacial score (nSPS) is 11.0. The third-order valence-electron chi connectivity index (χ3n) is 4.80. The number of ketones is 1. The minimum atomic E-state index is -1.10. The largest absolute Gasteiger partial charge is 0.330 e. The SMILES string of the molecule is Cc1cccc(C)c1NC(=O)CCC/C(CC(=O)c1ccc(F)cc1)=N\NC(=O)C(=O)NN. The molecule has 2 aromatic carbocycles. The van der Waals surface area contributed by atoms with E-state index >= 15 is 0 Å². The second kappa shape index (κ2) is 12.2. The van der Waals surface area contributed by atoms with Crippen molar-refractivity contribution in [1.29, 1.82) is 0 Å². The summed E-state index contributed by atoms with van der Waals surface area (Å²) in [7, 11) is 0. The Hall–Kier alpha value is -3.92. The summed E-state index contributed by atoms with van der Waals surface area (Å²) in [5.41, 5.74) is 6.87. The van der Waals surface area contributed by atoms with Gasteiger partial charge >= 0.3 is 11.8 Å². The van der Waals surface area contributed by atoms with Crippen LogP contribution in [0, 0.1) is 19.7 Å². The number of nitrogens with two attached hydrogens (primary N) is 1. The van der Waals surface area contributed by atoms with E-state index in [1.807, 2.05) is 37.5 Å².